The molecule has 0 bridgehead atoms. The molecule has 0 radical (unpaired) electrons. The summed E-state index contributed by atoms with van der Waals surface area (Å²) < 4.78 is 5.13. The number of nitro groups is 1. The molecule has 1 aliphatic carbocycles. The molecule has 5 rings (SSSR count). The van der Waals surface area contributed by atoms with Crippen LogP contribution in [0.5, 0.6) is 0 Å². The lowest BCUT2D eigenvalue weighted by atomic mass is 9.82. The lowest BCUT2D eigenvalue weighted by Crippen LogP contribution is -2.24. The van der Waals surface area contributed by atoms with E-state index in [4.69, 9.17) is 4.74 Å². The first kappa shape index (κ1) is 21.9. The van der Waals surface area contributed by atoms with Crippen molar-refractivity contribution in [1.82, 2.24) is 4.98 Å². The standard InChI is InChI=1S/C26H16N2O7/c1-13-21(16-8-4-5-9-19(16)27-13)20(29)12-35-26(32)18-11-10-17-22(23(18)28(33)34)25(31)15-7-3-2-6-14(15)24(17)30/h2-11,27H,12H2,1H3. The Hall–Kier alpha value is -4.92. The number of hydrogen-bond donors (Lipinski definition) is 1. The Morgan fingerprint density at radius 1 is 0.914 bits per heavy atom. The number of carbonyl (C=O) groups excluding carboxylic acids is 4. The van der Waals surface area contributed by atoms with Gasteiger partial charge in [0, 0.05) is 38.9 Å². The van der Waals surface area contributed by atoms with E-state index in [1.54, 1.807) is 31.2 Å². The second-order valence-electron chi connectivity index (χ2n) is 8.02. The predicted octanol–water partition coefficient (Wildman–Crippen LogP) is 4.20. The van der Waals surface area contributed by atoms with Crippen LogP contribution >= 0.6 is 0 Å². The van der Waals surface area contributed by atoms with Crippen molar-refractivity contribution in [2.45, 2.75) is 6.92 Å². The SMILES string of the molecule is Cc1[nH]c2ccccc2c1C(=O)COC(=O)c1ccc2c(c1[N+](=O)[O-])C(=O)c1ccccc1C2=O. The Morgan fingerprint density at radius 2 is 1.57 bits per heavy atom. The number of ketones is 3. The minimum atomic E-state index is -1.15. The number of para-hydroxylation sites is 1. The maximum atomic E-state index is 13.1. The lowest BCUT2D eigenvalue weighted by molar-refractivity contribution is -0.385. The second-order valence-corrected chi connectivity index (χ2v) is 8.02. The summed E-state index contributed by atoms with van der Waals surface area (Å²) >= 11 is 0. The fourth-order valence-corrected chi connectivity index (χ4v) is 4.44. The number of aromatic amines is 1. The number of hydrogen-bond acceptors (Lipinski definition) is 7. The maximum Gasteiger partial charge on any atom is 0.345 e. The third-order valence-electron chi connectivity index (χ3n) is 5.98. The van der Waals surface area contributed by atoms with E-state index in [9.17, 15) is 29.3 Å². The molecule has 0 fully saturated rings. The fraction of sp³-hybridized carbons (Fsp3) is 0.0769. The summed E-state index contributed by atoms with van der Waals surface area (Å²) in [5, 5.41) is 12.6. The van der Waals surface area contributed by atoms with Crippen LogP contribution in [0.2, 0.25) is 0 Å². The summed E-state index contributed by atoms with van der Waals surface area (Å²) in [6.45, 7) is 1.05. The van der Waals surface area contributed by atoms with E-state index >= 15 is 0 Å². The van der Waals surface area contributed by atoms with E-state index in [-0.39, 0.29) is 16.7 Å². The Bertz CT molecular complexity index is 1610. The van der Waals surface area contributed by atoms with Gasteiger partial charge in [-0.15, -0.1) is 0 Å². The minimum Gasteiger partial charge on any atom is -0.454 e. The largest absolute Gasteiger partial charge is 0.454 e. The molecule has 1 aromatic heterocycles. The minimum absolute atomic E-state index is 0.0172. The second kappa shape index (κ2) is 8.14. The van der Waals surface area contributed by atoms with Crippen LogP contribution in [0.15, 0.2) is 60.7 Å². The van der Waals surface area contributed by atoms with Gasteiger partial charge in [0.1, 0.15) is 11.1 Å². The van der Waals surface area contributed by atoms with Gasteiger partial charge in [-0.3, -0.25) is 24.5 Å². The third-order valence-corrected chi connectivity index (χ3v) is 5.98. The van der Waals surface area contributed by atoms with Gasteiger partial charge in [-0.2, -0.15) is 0 Å². The molecule has 9 nitrogen and oxygen atoms in total. The lowest BCUT2D eigenvalue weighted by Gasteiger charge is -2.18. The number of rotatable bonds is 5. The smallest absolute Gasteiger partial charge is 0.345 e. The summed E-state index contributed by atoms with van der Waals surface area (Å²) in [6, 6.07) is 15.4. The number of ether oxygens (including phenoxy) is 1. The van der Waals surface area contributed by atoms with Crippen molar-refractivity contribution in [1.29, 1.82) is 0 Å². The molecule has 4 aromatic rings. The summed E-state index contributed by atoms with van der Waals surface area (Å²) in [7, 11) is 0. The molecule has 35 heavy (non-hydrogen) atoms. The Morgan fingerprint density at radius 3 is 2.29 bits per heavy atom. The molecule has 172 valence electrons. The number of aryl methyl sites for hydroxylation is 1. The summed E-state index contributed by atoms with van der Waals surface area (Å²) in [4.78, 5) is 65.7. The number of Topliss-reactive ketones (excluding diaryl/α,β-unsaturated/α-hetero) is 1. The topological polar surface area (TPSA) is 136 Å². The number of benzene rings is 3. The zero-order valence-corrected chi connectivity index (χ0v) is 18.3. The summed E-state index contributed by atoms with van der Waals surface area (Å²) in [5.41, 5.74) is -0.130. The number of carbonyl (C=O) groups is 4. The zero-order valence-electron chi connectivity index (χ0n) is 18.3. The van der Waals surface area contributed by atoms with Crippen molar-refractivity contribution in [3.05, 3.63) is 110 Å². The van der Waals surface area contributed by atoms with Crippen molar-refractivity contribution >= 4 is 39.9 Å². The predicted molar refractivity (Wildman–Crippen MR) is 124 cm³/mol. The molecule has 0 spiro atoms. The normalized spacial score (nSPS) is 12.3. The molecule has 0 saturated carbocycles. The van der Waals surface area contributed by atoms with E-state index in [1.165, 1.54) is 24.3 Å². The van der Waals surface area contributed by atoms with Gasteiger partial charge in [0.25, 0.3) is 5.69 Å². The molecule has 9 heteroatoms. The molecule has 0 saturated heterocycles. The van der Waals surface area contributed by atoms with Gasteiger partial charge in [-0.25, -0.2) is 4.79 Å². The van der Waals surface area contributed by atoms with Crippen LogP contribution in [0.25, 0.3) is 10.9 Å². The van der Waals surface area contributed by atoms with Gasteiger partial charge in [-0.05, 0) is 25.1 Å². The summed E-state index contributed by atoms with van der Waals surface area (Å²) in [6.07, 6.45) is 0. The van der Waals surface area contributed by atoms with Crippen molar-refractivity contribution < 1.29 is 28.8 Å². The van der Waals surface area contributed by atoms with E-state index in [2.05, 4.69) is 4.98 Å². The van der Waals surface area contributed by atoms with Crippen LogP contribution in [-0.4, -0.2) is 39.8 Å². The van der Waals surface area contributed by atoms with Gasteiger partial charge in [-0.1, -0.05) is 42.5 Å². The highest BCUT2D eigenvalue weighted by molar-refractivity contribution is 6.30. The number of fused-ring (bicyclic) bond motifs is 3. The highest BCUT2D eigenvalue weighted by Crippen LogP contribution is 2.36. The Balaban J connectivity index is 1.49. The molecule has 0 unspecified atom stereocenters. The molecule has 1 N–H and O–H groups in total. The molecule has 3 aromatic carbocycles. The van der Waals surface area contributed by atoms with Crippen LogP contribution in [0.3, 0.4) is 0 Å². The molecule has 0 amide bonds. The fourth-order valence-electron chi connectivity index (χ4n) is 4.44. The highest BCUT2D eigenvalue weighted by Gasteiger charge is 2.39. The highest BCUT2D eigenvalue weighted by atomic mass is 16.6. The average Bonchev–Trinajstić information content (AvgIpc) is 3.20. The van der Waals surface area contributed by atoms with E-state index in [0.29, 0.717) is 16.6 Å². The van der Waals surface area contributed by atoms with Crippen LogP contribution in [0.4, 0.5) is 5.69 Å². The maximum absolute atomic E-state index is 13.1. The van der Waals surface area contributed by atoms with Crippen molar-refractivity contribution in [2.24, 2.45) is 0 Å². The number of nitro benzene ring substituents is 1. The zero-order chi connectivity index (χ0) is 24.9. The monoisotopic (exact) mass is 468 g/mol. The molecule has 1 aliphatic rings. The van der Waals surface area contributed by atoms with Gasteiger partial charge in [0.05, 0.1) is 4.92 Å². The van der Waals surface area contributed by atoms with Crippen molar-refractivity contribution in [2.75, 3.05) is 6.61 Å². The molecule has 0 aliphatic heterocycles. The molecule has 0 atom stereocenters. The first-order valence-corrected chi connectivity index (χ1v) is 10.6. The van der Waals surface area contributed by atoms with Crippen LogP contribution < -0.4 is 0 Å². The van der Waals surface area contributed by atoms with Crippen LogP contribution in [0.1, 0.15) is 58.3 Å². The molecular weight excluding hydrogens is 452 g/mol. The number of esters is 1. The number of nitrogens with one attached hydrogen (secondary N) is 1. The van der Waals surface area contributed by atoms with Gasteiger partial charge >= 0.3 is 5.97 Å². The molecule has 1 heterocycles. The first-order valence-electron chi connectivity index (χ1n) is 10.6. The van der Waals surface area contributed by atoms with Gasteiger partial charge in [0.15, 0.2) is 12.4 Å². The third kappa shape index (κ3) is 3.41. The van der Waals surface area contributed by atoms with E-state index in [1.807, 2.05) is 6.07 Å². The Kier molecular flexibility index (Phi) is 5.09. The number of H-pyrrole nitrogens is 1. The van der Waals surface area contributed by atoms with Crippen LogP contribution in [0, 0.1) is 17.0 Å². The quantitative estimate of drug-likeness (QED) is 0.177. The Labute approximate surface area is 197 Å². The van der Waals surface area contributed by atoms with Gasteiger partial charge in [0.2, 0.25) is 11.6 Å². The van der Waals surface area contributed by atoms with E-state index < -0.39 is 51.7 Å². The summed E-state index contributed by atoms with van der Waals surface area (Å²) in [5.74, 6) is -2.93. The van der Waals surface area contributed by atoms with Crippen molar-refractivity contribution in [3.63, 3.8) is 0 Å². The van der Waals surface area contributed by atoms with Gasteiger partial charge < -0.3 is 9.72 Å². The average molecular weight is 468 g/mol. The van der Waals surface area contributed by atoms with E-state index in [0.717, 1.165) is 11.6 Å². The molecular formula is C26H16N2O7. The number of nitrogens with zero attached hydrogens (tertiary/aromatic N) is 1. The van der Waals surface area contributed by atoms with Crippen molar-refractivity contribution in [3.8, 4) is 0 Å². The van der Waals surface area contributed by atoms with Crippen LogP contribution in [-0.2, 0) is 4.74 Å². The first-order chi connectivity index (χ1) is 16.8. The number of aromatic nitrogens is 1.